The standard InChI is InChI=1S/C24H30N6O4/c1-15-13-34-10-9-30(15)23-27-20-12-29(21(31)14-33-2)11-19(20)22(28-23)16-3-5-17(6-4-16)25-24(32)26-18-7-8-18/h3-6,15,18H,7-14H2,1-2H3,(H2,25,26,32)/t15-/m0/s1. The van der Waals surface area contributed by atoms with Gasteiger partial charge in [-0.2, -0.15) is 0 Å². The molecule has 3 amide bonds. The first-order chi connectivity index (χ1) is 16.5. The van der Waals surface area contributed by atoms with Crippen LogP contribution in [-0.2, 0) is 27.4 Å². The molecule has 2 fully saturated rings. The van der Waals surface area contributed by atoms with E-state index in [1.165, 1.54) is 7.11 Å². The van der Waals surface area contributed by atoms with Gasteiger partial charge >= 0.3 is 6.03 Å². The Hall–Kier alpha value is -3.24. The average molecular weight is 467 g/mol. The summed E-state index contributed by atoms with van der Waals surface area (Å²) in [6, 6.07) is 7.90. The van der Waals surface area contributed by atoms with Crippen LogP contribution < -0.4 is 15.5 Å². The molecule has 1 aliphatic carbocycles. The van der Waals surface area contributed by atoms with Crippen molar-refractivity contribution in [3.8, 4) is 11.3 Å². The molecule has 10 heteroatoms. The number of carbonyl (C=O) groups is 2. The van der Waals surface area contributed by atoms with Crippen molar-refractivity contribution in [3.63, 3.8) is 0 Å². The van der Waals surface area contributed by atoms with Crippen LogP contribution in [0.25, 0.3) is 11.3 Å². The number of anilines is 2. The number of hydrogen-bond acceptors (Lipinski definition) is 7. The lowest BCUT2D eigenvalue weighted by Gasteiger charge is -2.33. The molecular formula is C24H30N6O4. The zero-order valence-corrected chi connectivity index (χ0v) is 19.5. The van der Waals surface area contributed by atoms with E-state index >= 15 is 0 Å². The van der Waals surface area contributed by atoms with Gasteiger partial charge in [-0.15, -0.1) is 0 Å². The van der Waals surface area contributed by atoms with Crippen LogP contribution in [-0.4, -0.2) is 72.4 Å². The quantitative estimate of drug-likeness (QED) is 0.671. The number of carbonyl (C=O) groups excluding carboxylic acids is 2. The number of ether oxygens (including phenoxy) is 2. The van der Waals surface area contributed by atoms with Crippen LogP contribution in [0.2, 0.25) is 0 Å². The Labute approximate surface area is 198 Å². The summed E-state index contributed by atoms with van der Waals surface area (Å²) in [6.07, 6.45) is 2.08. The highest BCUT2D eigenvalue weighted by atomic mass is 16.5. The van der Waals surface area contributed by atoms with E-state index < -0.39 is 0 Å². The Bertz CT molecular complexity index is 1070. The van der Waals surface area contributed by atoms with E-state index in [1.54, 1.807) is 4.90 Å². The highest BCUT2D eigenvalue weighted by Crippen LogP contribution is 2.33. The van der Waals surface area contributed by atoms with Crippen molar-refractivity contribution in [3.05, 3.63) is 35.5 Å². The second kappa shape index (κ2) is 9.55. The van der Waals surface area contributed by atoms with Crippen molar-refractivity contribution in [2.75, 3.05) is 43.7 Å². The van der Waals surface area contributed by atoms with Crippen LogP contribution in [0, 0.1) is 0 Å². The largest absolute Gasteiger partial charge is 0.377 e. The summed E-state index contributed by atoms with van der Waals surface area (Å²) in [6.45, 7) is 4.96. The maximum atomic E-state index is 12.5. The first-order valence-electron chi connectivity index (χ1n) is 11.7. The Balaban J connectivity index is 1.44. The normalized spacial score (nSPS) is 19.6. The third-order valence-corrected chi connectivity index (χ3v) is 6.34. The Kier molecular flexibility index (Phi) is 6.34. The minimum absolute atomic E-state index is 0.0351. The molecule has 1 aromatic heterocycles. The number of nitrogens with one attached hydrogen (secondary N) is 2. The van der Waals surface area contributed by atoms with E-state index in [0.29, 0.717) is 50.5 Å². The second-order valence-corrected chi connectivity index (χ2v) is 9.05. The van der Waals surface area contributed by atoms with E-state index in [2.05, 4.69) is 22.5 Å². The predicted molar refractivity (Wildman–Crippen MR) is 126 cm³/mol. The van der Waals surface area contributed by atoms with Crippen LogP contribution in [0.1, 0.15) is 31.0 Å². The number of hydrogen-bond donors (Lipinski definition) is 2. The van der Waals surface area contributed by atoms with Gasteiger partial charge < -0.3 is 29.9 Å². The molecule has 2 N–H and O–H groups in total. The second-order valence-electron chi connectivity index (χ2n) is 9.05. The molecule has 1 saturated heterocycles. The smallest absolute Gasteiger partial charge is 0.319 e. The predicted octanol–water partition coefficient (Wildman–Crippen LogP) is 2.14. The van der Waals surface area contributed by atoms with Gasteiger partial charge in [-0.25, -0.2) is 14.8 Å². The Morgan fingerprint density at radius 1 is 1.18 bits per heavy atom. The molecule has 10 nitrogen and oxygen atoms in total. The molecular weight excluding hydrogens is 436 g/mol. The summed E-state index contributed by atoms with van der Waals surface area (Å²) in [5.41, 5.74) is 4.23. The molecule has 0 spiro atoms. The number of urea groups is 1. The SMILES string of the molecule is COCC(=O)N1Cc2nc(N3CCOC[C@@H]3C)nc(-c3ccc(NC(=O)NC4CC4)cc3)c2C1. The molecule has 3 aliphatic rings. The van der Waals surface area contributed by atoms with Crippen molar-refractivity contribution in [1.82, 2.24) is 20.2 Å². The lowest BCUT2D eigenvalue weighted by atomic mass is 10.1. The topological polar surface area (TPSA) is 109 Å². The molecule has 5 rings (SSSR count). The summed E-state index contributed by atoms with van der Waals surface area (Å²) in [7, 11) is 1.52. The molecule has 180 valence electrons. The van der Waals surface area contributed by atoms with Crippen molar-refractivity contribution >= 4 is 23.6 Å². The zero-order chi connectivity index (χ0) is 23.7. The monoisotopic (exact) mass is 466 g/mol. The van der Waals surface area contributed by atoms with Gasteiger partial charge in [0.1, 0.15) is 6.61 Å². The number of fused-ring (bicyclic) bond motifs is 1. The first kappa shape index (κ1) is 22.5. The Morgan fingerprint density at radius 2 is 1.97 bits per heavy atom. The van der Waals surface area contributed by atoms with Crippen molar-refractivity contribution < 1.29 is 19.1 Å². The van der Waals surface area contributed by atoms with Gasteiger partial charge in [0.15, 0.2) is 0 Å². The molecule has 1 atom stereocenters. The van der Waals surface area contributed by atoms with Gasteiger partial charge in [-0.05, 0) is 31.9 Å². The van der Waals surface area contributed by atoms with Crippen molar-refractivity contribution in [2.45, 2.75) is 44.9 Å². The van der Waals surface area contributed by atoms with Crippen LogP contribution in [0.3, 0.4) is 0 Å². The number of aromatic nitrogens is 2. The summed E-state index contributed by atoms with van der Waals surface area (Å²) in [5.74, 6) is 0.575. The zero-order valence-electron chi connectivity index (χ0n) is 19.5. The van der Waals surface area contributed by atoms with Gasteiger partial charge in [-0.1, -0.05) is 12.1 Å². The van der Waals surface area contributed by atoms with E-state index in [-0.39, 0.29) is 24.6 Å². The molecule has 3 heterocycles. The van der Waals surface area contributed by atoms with Crippen molar-refractivity contribution in [2.24, 2.45) is 0 Å². The van der Waals surface area contributed by atoms with Gasteiger partial charge in [0.2, 0.25) is 11.9 Å². The van der Waals surface area contributed by atoms with Gasteiger partial charge in [-0.3, -0.25) is 4.79 Å². The molecule has 1 aromatic carbocycles. The summed E-state index contributed by atoms with van der Waals surface area (Å²) in [4.78, 5) is 38.3. The molecule has 0 radical (unpaired) electrons. The number of amides is 3. The lowest BCUT2D eigenvalue weighted by Crippen LogP contribution is -2.44. The lowest BCUT2D eigenvalue weighted by molar-refractivity contribution is -0.135. The van der Waals surface area contributed by atoms with E-state index in [9.17, 15) is 9.59 Å². The first-order valence-corrected chi connectivity index (χ1v) is 11.7. The van der Waals surface area contributed by atoms with Crippen LogP contribution >= 0.6 is 0 Å². The number of nitrogens with zero attached hydrogens (tertiary/aromatic N) is 4. The fourth-order valence-corrected chi connectivity index (χ4v) is 4.32. The molecule has 1 saturated carbocycles. The fraction of sp³-hybridized carbons (Fsp3) is 0.500. The number of rotatable bonds is 6. The van der Waals surface area contributed by atoms with Gasteiger partial charge in [0, 0.05) is 36.5 Å². The van der Waals surface area contributed by atoms with Gasteiger partial charge in [0.05, 0.1) is 43.7 Å². The molecule has 2 aromatic rings. The fourth-order valence-electron chi connectivity index (χ4n) is 4.32. The summed E-state index contributed by atoms with van der Waals surface area (Å²) in [5, 5.41) is 5.80. The molecule has 0 unspecified atom stereocenters. The number of morpholine rings is 1. The van der Waals surface area contributed by atoms with Crippen LogP contribution in [0.15, 0.2) is 24.3 Å². The van der Waals surface area contributed by atoms with E-state index in [0.717, 1.165) is 35.4 Å². The maximum absolute atomic E-state index is 12.5. The van der Waals surface area contributed by atoms with Gasteiger partial charge in [0.25, 0.3) is 0 Å². The third kappa shape index (κ3) is 4.83. The Morgan fingerprint density at radius 3 is 2.68 bits per heavy atom. The van der Waals surface area contributed by atoms with Crippen molar-refractivity contribution in [1.29, 1.82) is 0 Å². The van der Waals surface area contributed by atoms with Crippen LogP contribution in [0.5, 0.6) is 0 Å². The summed E-state index contributed by atoms with van der Waals surface area (Å²) < 4.78 is 10.6. The van der Waals surface area contributed by atoms with E-state index in [4.69, 9.17) is 19.4 Å². The highest BCUT2D eigenvalue weighted by molar-refractivity contribution is 5.90. The van der Waals surface area contributed by atoms with E-state index in [1.807, 2.05) is 24.3 Å². The maximum Gasteiger partial charge on any atom is 0.319 e. The number of methoxy groups -OCH3 is 1. The summed E-state index contributed by atoms with van der Waals surface area (Å²) >= 11 is 0. The molecule has 2 aliphatic heterocycles. The highest BCUT2D eigenvalue weighted by Gasteiger charge is 2.31. The number of benzene rings is 1. The minimum Gasteiger partial charge on any atom is -0.377 e. The molecule has 0 bridgehead atoms. The minimum atomic E-state index is -0.186. The average Bonchev–Trinajstić information content (AvgIpc) is 3.53. The molecule has 34 heavy (non-hydrogen) atoms. The third-order valence-electron chi connectivity index (χ3n) is 6.34. The van der Waals surface area contributed by atoms with Crippen LogP contribution in [0.4, 0.5) is 16.4 Å².